The number of nitrogens with one attached hydrogen (secondary N) is 1. The molecule has 1 N–H and O–H groups in total. The predicted octanol–water partition coefficient (Wildman–Crippen LogP) is 5.65. The number of carbonyl (C=O) groups is 1. The Kier molecular flexibility index (Phi) is 8.19. The Morgan fingerprint density at radius 1 is 1.00 bits per heavy atom. The molecule has 0 saturated carbocycles. The first-order chi connectivity index (χ1) is 18.6. The summed E-state index contributed by atoms with van der Waals surface area (Å²) in [5, 5.41) is 8.91. The van der Waals surface area contributed by atoms with Gasteiger partial charge in [-0.15, -0.1) is 0 Å². The van der Waals surface area contributed by atoms with Crippen molar-refractivity contribution in [2.75, 3.05) is 38.1 Å². The van der Waals surface area contributed by atoms with Crippen LogP contribution in [0.15, 0.2) is 60.7 Å². The summed E-state index contributed by atoms with van der Waals surface area (Å²) < 4.78 is 13.2. The van der Waals surface area contributed by atoms with Crippen molar-refractivity contribution >= 4 is 22.8 Å². The molecule has 0 unspecified atom stereocenters. The highest BCUT2D eigenvalue weighted by Crippen LogP contribution is 2.26. The number of anilines is 1. The molecule has 0 bridgehead atoms. The summed E-state index contributed by atoms with van der Waals surface area (Å²) >= 11 is 0. The number of ether oxygens (including phenoxy) is 2. The molecule has 198 valence electrons. The number of hydrogen-bond donors (Lipinski definition) is 1. The van der Waals surface area contributed by atoms with Gasteiger partial charge in [-0.1, -0.05) is 36.8 Å². The summed E-state index contributed by atoms with van der Waals surface area (Å²) in [6.07, 6.45) is 3.84. The standard InChI is InChI=1S/C30H35N5O3/c1-3-37-30(36)26-20-27(31-16-19-34-17-8-5-9-18-34)32-29-28(26)22(2)35(33-29)21-23-12-14-25(15-13-23)38-24-10-6-4-7-11-24/h4,6-7,10-15,20H,3,5,8-9,16-19,21H2,1-2H3,(H,31,32,33). The van der Waals surface area contributed by atoms with Gasteiger partial charge >= 0.3 is 5.97 Å². The molecule has 1 saturated heterocycles. The lowest BCUT2D eigenvalue weighted by Crippen LogP contribution is -2.33. The average Bonchev–Trinajstić information content (AvgIpc) is 3.25. The van der Waals surface area contributed by atoms with Gasteiger partial charge in [0.05, 0.1) is 24.1 Å². The Labute approximate surface area is 223 Å². The molecule has 1 aliphatic rings. The lowest BCUT2D eigenvalue weighted by atomic mass is 10.1. The molecular weight excluding hydrogens is 478 g/mol. The zero-order valence-electron chi connectivity index (χ0n) is 22.2. The third-order valence-corrected chi connectivity index (χ3v) is 6.88. The van der Waals surface area contributed by atoms with E-state index in [0.717, 1.165) is 54.3 Å². The van der Waals surface area contributed by atoms with Crippen LogP contribution in [0.1, 0.15) is 47.8 Å². The van der Waals surface area contributed by atoms with Crippen molar-refractivity contribution in [2.24, 2.45) is 0 Å². The van der Waals surface area contributed by atoms with Crippen molar-refractivity contribution in [3.63, 3.8) is 0 Å². The third-order valence-electron chi connectivity index (χ3n) is 6.88. The Balaban J connectivity index is 1.35. The summed E-state index contributed by atoms with van der Waals surface area (Å²) in [6, 6.07) is 19.5. The minimum Gasteiger partial charge on any atom is -0.462 e. The zero-order valence-corrected chi connectivity index (χ0v) is 22.2. The van der Waals surface area contributed by atoms with E-state index in [2.05, 4.69) is 10.2 Å². The number of likely N-dealkylation sites (tertiary alicyclic amines) is 1. The molecule has 3 heterocycles. The fraction of sp³-hybridized carbons (Fsp3) is 0.367. The maximum atomic E-state index is 12.9. The minimum absolute atomic E-state index is 0.310. The van der Waals surface area contributed by atoms with Crippen LogP contribution < -0.4 is 10.1 Å². The van der Waals surface area contributed by atoms with Gasteiger partial charge in [0.15, 0.2) is 5.65 Å². The molecule has 0 radical (unpaired) electrons. The number of nitrogens with zero attached hydrogens (tertiary/aromatic N) is 4. The fourth-order valence-corrected chi connectivity index (χ4v) is 4.88. The minimum atomic E-state index is -0.357. The summed E-state index contributed by atoms with van der Waals surface area (Å²) in [7, 11) is 0. The zero-order chi connectivity index (χ0) is 26.3. The van der Waals surface area contributed by atoms with Crippen LogP contribution in [0.2, 0.25) is 0 Å². The lowest BCUT2D eigenvalue weighted by Gasteiger charge is -2.26. The Hall–Kier alpha value is -3.91. The maximum absolute atomic E-state index is 12.9. The predicted molar refractivity (Wildman–Crippen MR) is 149 cm³/mol. The molecule has 8 nitrogen and oxygen atoms in total. The molecule has 4 aromatic rings. The van der Waals surface area contributed by atoms with Gasteiger partial charge in [-0.25, -0.2) is 9.78 Å². The number of rotatable bonds is 10. The van der Waals surface area contributed by atoms with Gasteiger partial charge in [0, 0.05) is 18.8 Å². The van der Waals surface area contributed by atoms with Crippen molar-refractivity contribution in [1.29, 1.82) is 0 Å². The van der Waals surface area contributed by atoms with Crippen molar-refractivity contribution in [3.05, 3.63) is 77.5 Å². The number of aromatic nitrogens is 3. The molecule has 0 atom stereocenters. The van der Waals surface area contributed by atoms with E-state index in [4.69, 9.17) is 19.6 Å². The van der Waals surface area contributed by atoms with E-state index in [1.807, 2.05) is 73.1 Å². The van der Waals surface area contributed by atoms with Gasteiger partial charge in [-0.3, -0.25) is 4.68 Å². The van der Waals surface area contributed by atoms with E-state index in [9.17, 15) is 4.79 Å². The molecule has 8 heteroatoms. The summed E-state index contributed by atoms with van der Waals surface area (Å²) in [6.45, 7) is 8.64. The van der Waals surface area contributed by atoms with Crippen molar-refractivity contribution in [2.45, 2.75) is 39.7 Å². The molecule has 1 aliphatic heterocycles. The number of carbonyl (C=O) groups excluding carboxylic acids is 1. The van der Waals surface area contributed by atoms with Crippen molar-refractivity contribution < 1.29 is 14.3 Å². The quantitative estimate of drug-likeness (QED) is 0.274. The molecule has 1 fully saturated rings. The van der Waals surface area contributed by atoms with Gasteiger partial charge in [0.2, 0.25) is 0 Å². The Morgan fingerprint density at radius 2 is 1.74 bits per heavy atom. The van der Waals surface area contributed by atoms with E-state index < -0.39 is 0 Å². The first-order valence-electron chi connectivity index (χ1n) is 13.4. The summed E-state index contributed by atoms with van der Waals surface area (Å²) in [5.74, 6) is 1.86. The SMILES string of the molecule is CCOC(=O)c1cc(NCCN2CCCCC2)nc2nn(Cc3ccc(Oc4ccccc4)cc3)c(C)c12. The van der Waals surface area contributed by atoms with Crippen LogP contribution in [0.25, 0.3) is 11.0 Å². The van der Waals surface area contributed by atoms with Crippen LogP contribution in [0.5, 0.6) is 11.5 Å². The lowest BCUT2D eigenvalue weighted by molar-refractivity contribution is 0.0528. The molecule has 0 aliphatic carbocycles. The molecule has 2 aromatic carbocycles. The second kappa shape index (κ2) is 12.1. The number of aryl methyl sites for hydroxylation is 1. The van der Waals surface area contributed by atoms with Gasteiger partial charge < -0.3 is 19.7 Å². The van der Waals surface area contributed by atoms with E-state index in [1.54, 1.807) is 6.07 Å². The molecule has 0 spiro atoms. The van der Waals surface area contributed by atoms with Crippen LogP contribution in [0.4, 0.5) is 5.82 Å². The topological polar surface area (TPSA) is 81.5 Å². The number of fused-ring (bicyclic) bond motifs is 1. The number of pyridine rings is 1. The molecule has 38 heavy (non-hydrogen) atoms. The van der Waals surface area contributed by atoms with E-state index in [-0.39, 0.29) is 5.97 Å². The smallest absolute Gasteiger partial charge is 0.339 e. The summed E-state index contributed by atoms with van der Waals surface area (Å²) in [4.78, 5) is 20.1. The number of para-hydroxylation sites is 1. The Bertz CT molecular complexity index is 1360. The summed E-state index contributed by atoms with van der Waals surface area (Å²) in [5.41, 5.74) is 2.98. The highest BCUT2D eigenvalue weighted by molar-refractivity contribution is 6.04. The van der Waals surface area contributed by atoms with Crippen molar-refractivity contribution in [3.8, 4) is 11.5 Å². The largest absolute Gasteiger partial charge is 0.462 e. The number of piperidine rings is 1. The van der Waals surface area contributed by atoms with Gasteiger partial charge in [0.25, 0.3) is 0 Å². The number of hydrogen-bond acceptors (Lipinski definition) is 7. The van der Waals surface area contributed by atoms with Crippen LogP contribution in [-0.2, 0) is 11.3 Å². The average molecular weight is 514 g/mol. The highest BCUT2D eigenvalue weighted by atomic mass is 16.5. The van der Waals surface area contributed by atoms with Crippen molar-refractivity contribution in [1.82, 2.24) is 19.7 Å². The van der Waals surface area contributed by atoms with Gasteiger partial charge in [0.1, 0.15) is 17.3 Å². The van der Waals surface area contributed by atoms with Crippen LogP contribution in [0.3, 0.4) is 0 Å². The van der Waals surface area contributed by atoms with E-state index in [0.29, 0.717) is 30.2 Å². The molecule has 0 amide bonds. The molecule has 5 rings (SSSR count). The normalized spacial score (nSPS) is 13.9. The van der Waals surface area contributed by atoms with E-state index >= 15 is 0 Å². The second-order valence-electron chi connectivity index (χ2n) is 9.61. The van der Waals surface area contributed by atoms with Crippen LogP contribution in [0, 0.1) is 6.92 Å². The third kappa shape index (κ3) is 6.14. The van der Waals surface area contributed by atoms with Gasteiger partial charge in [-0.2, -0.15) is 5.10 Å². The van der Waals surface area contributed by atoms with Crippen LogP contribution >= 0.6 is 0 Å². The highest BCUT2D eigenvalue weighted by Gasteiger charge is 2.21. The molecular formula is C30H35N5O3. The monoisotopic (exact) mass is 513 g/mol. The number of esters is 1. The first kappa shape index (κ1) is 25.7. The fourth-order valence-electron chi connectivity index (χ4n) is 4.88. The molecule has 2 aromatic heterocycles. The van der Waals surface area contributed by atoms with Crippen LogP contribution in [-0.4, -0.2) is 58.4 Å². The number of benzene rings is 2. The maximum Gasteiger partial charge on any atom is 0.339 e. The van der Waals surface area contributed by atoms with E-state index in [1.165, 1.54) is 19.3 Å². The Morgan fingerprint density at radius 3 is 2.47 bits per heavy atom. The van der Waals surface area contributed by atoms with Gasteiger partial charge in [-0.05, 0) is 75.7 Å². The second-order valence-corrected chi connectivity index (χ2v) is 9.61. The first-order valence-corrected chi connectivity index (χ1v) is 13.4.